The SMILES string of the molecule is Cc1ccc(C#N)cc1NC(=O)c1nn(C)cc1N. The van der Waals surface area contributed by atoms with E-state index in [0.717, 1.165) is 5.56 Å². The summed E-state index contributed by atoms with van der Waals surface area (Å²) in [7, 11) is 1.69. The predicted octanol–water partition coefficient (Wildman–Crippen LogP) is 1.43. The summed E-state index contributed by atoms with van der Waals surface area (Å²) in [5, 5.41) is 15.6. The Morgan fingerprint density at radius 1 is 1.53 bits per heavy atom. The van der Waals surface area contributed by atoms with Crippen molar-refractivity contribution < 1.29 is 4.79 Å². The lowest BCUT2D eigenvalue weighted by molar-refractivity contribution is 0.102. The summed E-state index contributed by atoms with van der Waals surface area (Å²) < 4.78 is 1.48. The number of amides is 1. The fourth-order valence-electron chi connectivity index (χ4n) is 1.69. The molecule has 0 saturated carbocycles. The molecule has 1 amide bonds. The zero-order chi connectivity index (χ0) is 14.0. The Bertz CT molecular complexity index is 681. The van der Waals surface area contributed by atoms with Crippen molar-refractivity contribution in [3.8, 4) is 6.07 Å². The van der Waals surface area contributed by atoms with E-state index in [1.165, 1.54) is 4.68 Å². The second-order valence-electron chi connectivity index (χ2n) is 4.20. The maximum absolute atomic E-state index is 12.1. The van der Waals surface area contributed by atoms with E-state index >= 15 is 0 Å². The van der Waals surface area contributed by atoms with Gasteiger partial charge in [-0.3, -0.25) is 9.48 Å². The number of aryl methyl sites for hydroxylation is 2. The van der Waals surface area contributed by atoms with Crippen LogP contribution < -0.4 is 11.1 Å². The average Bonchev–Trinajstić information content (AvgIpc) is 2.71. The molecule has 0 atom stereocenters. The van der Waals surface area contributed by atoms with Gasteiger partial charge < -0.3 is 11.1 Å². The van der Waals surface area contributed by atoms with Crippen molar-refractivity contribution in [2.24, 2.45) is 7.05 Å². The van der Waals surface area contributed by atoms with Crippen LogP contribution in [0.2, 0.25) is 0 Å². The van der Waals surface area contributed by atoms with Crippen molar-refractivity contribution >= 4 is 17.3 Å². The highest BCUT2D eigenvalue weighted by Gasteiger charge is 2.15. The number of carbonyl (C=O) groups excluding carboxylic acids is 1. The summed E-state index contributed by atoms with van der Waals surface area (Å²) in [6, 6.07) is 7.11. The number of nitrogens with zero attached hydrogens (tertiary/aromatic N) is 3. The molecule has 0 bridgehead atoms. The number of nitriles is 1. The Balaban J connectivity index is 2.29. The summed E-state index contributed by atoms with van der Waals surface area (Å²) in [5.74, 6) is -0.392. The van der Waals surface area contributed by atoms with Crippen molar-refractivity contribution in [2.45, 2.75) is 6.92 Å². The third kappa shape index (κ3) is 2.55. The van der Waals surface area contributed by atoms with Crippen LogP contribution in [0, 0.1) is 18.3 Å². The van der Waals surface area contributed by atoms with Gasteiger partial charge in [-0.05, 0) is 24.6 Å². The minimum Gasteiger partial charge on any atom is -0.396 e. The van der Waals surface area contributed by atoms with Gasteiger partial charge in [0, 0.05) is 18.9 Å². The van der Waals surface area contributed by atoms with Crippen LogP contribution in [0.3, 0.4) is 0 Å². The Morgan fingerprint density at radius 3 is 2.84 bits per heavy atom. The van der Waals surface area contributed by atoms with Gasteiger partial charge in [-0.25, -0.2) is 0 Å². The van der Waals surface area contributed by atoms with E-state index in [2.05, 4.69) is 10.4 Å². The molecule has 0 saturated heterocycles. The Kier molecular flexibility index (Phi) is 3.21. The van der Waals surface area contributed by atoms with Crippen LogP contribution in [0.25, 0.3) is 0 Å². The summed E-state index contributed by atoms with van der Waals surface area (Å²) in [6.07, 6.45) is 1.56. The largest absolute Gasteiger partial charge is 0.396 e. The summed E-state index contributed by atoms with van der Waals surface area (Å²) >= 11 is 0. The molecule has 96 valence electrons. The molecule has 1 aromatic carbocycles. The highest BCUT2D eigenvalue weighted by molar-refractivity contribution is 6.06. The molecule has 0 unspecified atom stereocenters. The van der Waals surface area contributed by atoms with Crippen molar-refractivity contribution in [3.63, 3.8) is 0 Å². The van der Waals surface area contributed by atoms with E-state index in [4.69, 9.17) is 11.0 Å². The molecule has 0 fully saturated rings. The molecule has 19 heavy (non-hydrogen) atoms. The Morgan fingerprint density at radius 2 is 2.26 bits per heavy atom. The van der Waals surface area contributed by atoms with Crippen molar-refractivity contribution in [1.29, 1.82) is 5.26 Å². The molecular formula is C13H13N5O. The van der Waals surface area contributed by atoms with Gasteiger partial charge in [-0.1, -0.05) is 6.07 Å². The van der Waals surface area contributed by atoms with Crippen molar-refractivity contribution in [1.82, 2.24) is 9.78 Å². The number of benzene rings is 1. The van der Waals surface area contributed by atoms with Gasteiger partial charge in [0.25, 0.3) is 5.91 Å². The summed E-state index contributed by atoms with van der Waals surface area (Å²) in [4.78, 5) is 12.1. The van der Waals surface area contributed by atoms with Crippen LogP contribution in [0.15, 0.2) is 24.4 Å². The first-order chi connectivity index (χ1) is 9.01. The van der Waals surface area contributed by atoms with Crippen LogP contribution in [0.1, 0.15) is 21.6 Å². The van der Waals surface area contributed by atoms with Crippen LogP contribution in [0.5, 0.6) is 0 Å². The second-order valence-corrected chi connectivity index (χ2v) is 4.20. The third-order valence-electron chi connectivity index (χ3n) is 2.69. The second kappa shape index (κ2) is 4.82. The van der Waals surface area contributed by atoms with Gasteiger partial charge in [0.1, 0.15) is 0 Å². The molecule has 0 aliphatic rings. The number of nitrogens with one attached hydrogen (secondary N) is 1. The monoisotopic (exact) mass is 255 g/mol. The number of hydrogen-bond donors (Lipinski definition) is 2. The number of nitrogens with two attached hydrogens (primary N) is 1. The number of carbonyl (C=O) groups is 1. The topological polar surface area (TPSA) is 96.7 Å². The van der Waals surface area contributed by atoms with Crippen LogP contribution in [0.4, 0.5) is 11.4 Å². The maximum Gasteiger partial charge on any atom is 0.278 e. The molecule has 0 radical (unpaired) electrons. The van der Waals surface area contributed by atoms with Gasteiger partial charge >= 0.3 is 0 Å². The summed E-state index contributed by atoms with van der Waals surface area (Å²) in [5.41, 5.74) is 8.10. The lowest BCUT2D eigenvalue weighted by Crippen LogP contribution is -2.15. The first-order valence-electron chi connectivity index (χ1n) is 5.62. The van der Waals surface area contributed by atoms with Crippen LogP contribution >= 0.6 is 0 Å². The zero-order valence-electron chi connectivity index (χ0n) is 10.6. The number of rotatable bonds is 2. The highest BCUT2D eigenvalue weighted by Crippen LogP contribution is 2.18. The number of anilines is 2. The van der Waals surface area contributed by atoms with Gasteiger partial charge in [0.15, 0.2) is 5.69 Å². The molecule has 1 aromatic heterocycles. The molecule has 2 rings (SSSR count). The third-order valence-corrected chi connectivity index (χ3v) is 2.69. The van der Waals surface area contributed by atoms with Gasteiger partial charge in [-0.2, -0.15) is 10.4 Å². The van der Waals surface area contributed by atoms with Crippen molar-refractivity contribution in [2.75, 3.05) is 11.1 Å². The van der Waals surface area contributed by atoms with E-state index in [1.807, 2.05) is 13.0 Å². The fraction of sp³-hybridized carbons (Fsp3) is 0.154. The standard InChI is InChI=1S/C13H13N5O/c1-8-3-4-9(6-14)5-11(8)16-13(19)12-10(15)7-18(2)17-12/h3-5,7H,15H2,1-2H3,(H,16,19). The molecule has 2 aromatic rings. The zero-order valence-corrected chi connectivity index (χ0v) is 10.6. The van der Waals surface area contributed by atoms with Gasteiger partial charge in [-0.15, -0.1) is 0 Å². The van der Waals surface area contributed by atoms with E-state index in [1.54, 1.807) is 31.4 Å². The molecule has 0 aliphatic heterocycles. The fourth-order valence-corrected chi connectivity index (χ4v) is 1.69. The lowest BCUT2D eigenvalue weighted by atomic mass is 10.1. The first kappa shape index (κ1) is 12.6. The summed E-state index contributed by atoms with van der Waals surface area (Å²) in [6.45, 7) is 1.85. The van der Waals surface area contributed by atoms with E-state index in [9.17, 15) is 4.79 Å². The average molecular weight is 255 g/mol. The smallest absolute Gasteiger partial charge is 0.278 e. The first-order valence-corrected chi connectivity index (χ1v) is 5.62. The van der Waals surface area contributed by atoms with Gasteiger partial charge in [0.05, 0.1) is 17.3 Å². The molecule has 6 heteroatoms. The Hall–Kier alpha value is -2.81. The number of hydrogen-bond acceptors (Lipinski definition) is 4. The minimum atomic E-state index is -0.392. The number of nitrogen functional groups attached to an aromatic ring is 1. The molecule has 6 nitrogen and oxygen atoms in total. The molecular weight excluding hydrogens is 242 g/mol. The Labute approximate surface area is 110 Å². The molecule has 0 aliphatic carbocycles. The minimum absolute atomic E-state index is 0.171. The quantitative estimate of drug-likeness (QED) is 0.848. The molecule has 0 spiro atoms. The van der Waals surface area contributed by atoms with Crippen LogP contribution in [-0.4, -0.2) is 15.7 Å². The van der Waals surface area contributed by atoms with Crippen LogP contribution in [-0.2, 0) is 7.05 Å². The van der Waals surface area contributed by atoms with E-state index in [-0.39, 0.29) is 5.69 Å². The predicted molar refractivity (Wildman–Crippen MR) is 71.5 cm³/mol. The molecule has 3 N–H and O–H groups in total. The van der Waals surface area contributed by atoms with E-state index < -0.39 is 5.91 Å². The van der Waals surface area contributed by atoms with Gasteiger partial charge in [0.2, 0.25) is 0 Å². The van der Waals surface area contributed by atoms with Crippen molar-refractivity contribution in [3.05, 3.63) is 41.2 Å². The molecule has 1 heterocycles. The number of aromatic nitrogens is 2. The van der Waals surface area contributed by atoms with E-state index in [0.29, 0.717) is 16.9 Å². The lowest BCUT2D eigenvalue weighted by Gasteiger charge is -2.07. The highest BCUT2D eigenvalue weighted by atomic mass is 16.2. The normalized spacial score (nSPS) is 9.95. The maximum atomic E-state index is 12.1.